The first-order valence-corrected chi connectivity index (χ1v) is 2.77. The van der Waals surface area contributed by atoms with Crippen molar-refractivity contribution in [2.75, 3.05) is 0 Å². The molecule has 6 heteroatoms. The topological polar surface area (TPSA) is 100 Å². The summed E-state index contributed by atoms with van der Waals surface area (Å²) in [4.78, 5) is 7.23. The lowest BCUT2D eigenvalue weighted by Crippen LogP contribution is -2.44. The quantitative estimate of drug-likeness (QED) is 0.391. The number of rotatable bonds is 0. The summed E-state index contributed by atoms with van der Waals surface area (Å²) in [7, 11) is 0. The van der Waals surface area contributed by atoms with Crippen LogP contribution < -0.4 is 11.5 Å². The molecule has 0 spiro atoms. The van der Waals surface area contributed by atoms with Gasteiger partial charge in [-0.2, -0.15) is 10.1 Å². The fourth-order valence-electron chi connectivity index (χ4n) is 0.635. The molecule has 6 nitrogen and oxygen atoms in total. The van der Waals surface area contributed by atoms with Gasteiger partial charge in [0.2, 0.25) is 11.9 Å². The van der Waals surface area contributed by atoms with Gasteiger partial charge in [0.1, 0.15) is 6.17 Å². The number of nitrogens with two attached hydrogens (primary N) is 2. The molecule has 56 valence electrons. The van der Waals surface area contributed by atoms with Gasteiger partial charge in [-0.25, -0.2) is 4.99 Å². The van der Waals surface area contributed by atoms with E-state index in [0.29, 0.717) is 0 Å². The molecule has 0 aromatic rings. The van der Waals surface area contributed by atoms with Gasteiger partial charge in [0.25, 0.3) is 0 Å². The lowest BCUT2D eigenvalue weighted by Gasteiger charge is -2.22. The van der Waals surface area contributed by atoms with Gasteiger partial charge < -0.3 is 11.5 Å². The fraction of sp³-hybridized carbons (Fsp3) is 0.500. The van der Waals surface area contributed by atoms with Crippen molar-refractivity contribution in [1.29, 1.82) is 0 Å². The standard InChI is InChI=1S/C4H9N5O/c1-2-7-3(5)8-4(6)9(2)10/h2,10H,1H3,(H4,5,6,7,8). The molecule has 1 heterocycles. The van der Waals surface area contributed by atoms with Crippen LogP contribution in [0.25, 0.3) is 0 Å². The lowest BCUT2D eigenvalue weighted by atomic mass is 10.5. The predicted octanol–water partition coefficient (Wildman–Crippen LogP) is -1.33. The highest BCUT2D eigenvalue weighted by Crippen LogP contribution is 2.00. The third kappa shape index (κ3) is 1.01. The summed E-state index contributed by atoms with van der Waals surface area (Å²) in [6.07, 6.45) is -0.447. The minimum atomic E-state index is -0.447. The largest absolute Gasteiger partial charge is 0.368 e. The lowest BCUT2D eigenvalue weighted by molar-refractivity contribution is -0.0479. The summed E-state index contributed by atoms with van der Waals surface area (Å²) in [5, 5.41) is 9.73. The van der Waals surface area contributed by atoms with Crippen LogP contribution in [-0.4, -0.2) is 28.4 Å². The Bertz CT molecular complexity index is 198. The highest BCUT2D eigenvalue weighted by atomic mass is 16.5. The second-order valence-electron chi connectivity index (χ2n) is 1.93. The fourth-order valence-corrected chi connectivity index (χ4v) is 0.635. The molecule has 10 heavy (non-hydrogen) atoms. The van der Waals surface area contributed by atoms with Crippen molar-refractivity contribution in [2.45, 2.75) is 13.1 Å². The van der Waals surface area contributed by atoms with Crippen molar-refractivity contribution < 1.29 is 5.21 Å². The van der Waals surface area contributed by atoms with Gasteiger partial charge in [0.05, 0.1) is 0 Å². The summed E-state index contributed by atoms with van der Waals surface area (Å²) >= 11 is 0. The van der Waals surface area contributed by atoms with E-state index in [1.54, 1.807) is 6.92 Å². The van der Waals surface area contributed by atoms with E-state index in [9.17, 15) is 0 Å². The summed E-state index contributed by atoms with van der Waals surface area (Å²) in [5.41, 5.74) is 10.4. The molecule has 0 bridgehead atoms. The summed E-state index contributed by atoms with van der Waals surface area (Å²) < 4.78 is 0. The maximum atomic E-state index is 8.98. The monoisotopic (exact) mass is 143 g/mol. The molecule has 1 rings (SSSR count). The molecule has 1 aliphatic rings. The molecule has 0 aromatic heterocycles. The average Bonchev–Trinajstić information content (AvgIpc) is 1.82. The average molecular weight is 143 g/mol. The van der Waals surface area contributed by atoms with Gasteiger partial charge in [-0.3, -0.25) is 5.21 Å². The van der Waals surface area contributed by atoms with E-state index in [0.717, 1.165) is 5.06 Å². The van der Waals surface area contributed by atoms with E-state index in [1.807, 2.05) is 0 Å². The molecular formula is C4H9N5O. The van der Waals surface area contributed by atoms with Crippen molar-refractivity contribution in [1.82, 2.24) is 5.06 Å². The zero-order chi connectivity index (χ0) is 7.72. The van der Waals surface area contributed by atoms with Crippen LogP contribution in [0.15, 0.2) is 9.98 Å². The van der Waals surface area contributed by atoms with E-state index >= 15 is 0 Å². The van der Waals surface area contributed by atoms with Crippen molar-refractivity contribution in [2.24, 2.45) is 21.5 Å². The molecule has 0 aliphatic carbocycles. The summed E-state index contributed by atoms with van der Waals surface area (Å²) in [5.74, 6) is 0.0651. The molecule has 0 radical (unpaired) electrons. The zero-order valence-electron chi connectivity index (χ0n) is 5.52. The first-order chi connectivity index (χ1) is 4.61. The second kappa shape index (κ2) is 2.14. The Hall–Kier alpha value is -1.30. The SMILES string of the molecule is CC1N=C(N)N=C(N)N1O. The number of hydrogen-bond donors (Lipinski definition) is 3. The van der Waals surface area contributed by atoms with E-state index in [2.05, 4.69) is 9.98 Å². The van der Waals surface area contributed by atoms with Gasteiger partial charge in [-0.05, 0) is 6.92 Å². The Balaban J connectivity index is 2.85. The summed E-state index contributed by atoms with van der Waals surface area (Å²) in [6.45, 7) is 1.65. The van der Waals surface area contributed by atoms with Gasteiger partial charge in [-0.15, -0.1) is 0 Å². The van der Waals surface area contributed by atoms with Crippen molar-refractivity contribution in [3.05, 3.63) is 0 Å². The molecule has 5 N–H and O–H groups in total. The van der Waals surface area contributed by atoms with Gasteiger partial charge in [-0.1, -0.05) is 0 Å². The van der Waals surface area contributed by atoms with Crippen LogP contribution in [0.2, 0.25) is 0 Å². The van der Waals surface area contributed by atoms with E-state index in [4.69, 9.17) is 16.7 Å². The van der Waals surface area contributed by atoms with E-state index < -0.39 is 6.17 Å². The minimum Gasteiger partial charge on any atom is -0.368 e. The number of guanidine groups is 2. The van der Waals surface area contributed by atoms with Gasteiger partial charge in [0.15, 0.2) is 0 Å². The molecule has 0 amide bonds. The third-order valence-corrected chi connectivity index (χ3v) is 1.14. The van der Waals surface area contributed by atoms with Crippen LogP contribution in [-0.2, 0) is 0 Å². The molecule has 0 saturated heterocycles. The van der Waals surface area contributed by atoms with Crippen LogP contribution in [0.4, 0.5) is 0 Å². The molecule has 0 fully saturated rings. The van der Waals surface area contributed by atoms with Gasteiger partial charge >= 0.3 is 0 Å². The molecule has 1 unspecified atom stereocenters. The van der Waals surface area contributed by atoms with Crippen molar-refractivity contribution in [3.63, 3.8) is 0 Å². The Labute approximate surface area is 57.8 Å². The Morgan fingerprint density at radius 3 is 2.70 bits per heavy atom. The number of hydrogen-bond acceptors (Lipinski definition) is 6. The smallest absolute Gasteiger partial charge is 0.225 e. The Morgan fingerprint density at radius 2 is 2.20 bits per heavy atom. The zero-order valence-corrected chi connectivity index (χ0v) is 5.52. The van der Waals surface area contributed by atoms with Crippen molar-refractivity contribution >= 4 is 11.9 Å². The van der Waals surface area contributed by atoms with Crippen LogP contribution in [0.3, 0.4) is 0 Å². The molecule has 1 atom stereocenters. The number of nitrogens with zero attached hydrogens (tertiary/aromatic N) is 3. The maximum Gasteiger partial charge on any atom is 0.225 e. The van der Waals surface area contributed by atoms with Crippen LogP contribution >= 0.6 is 0 Å². The van der Waals surface area contributed by atoms with E-state index in [1.165, 1.54) is 0 Å². The van der Waals surface area contributed by atoms with Crippen molar-refractivity contribution in [3.8, 4) is 0 Å². The van der Waals surface area contributed by atoms with E-state index in [-0.39, 0.29) is 11.9 Å². The molecule has 0 saturated carbocycles. The predicted molar refractivity (Wildman–Crippen MR) is 36.3 cm³/mol. The number of hydroxylamine groups is 2. The van der Waals surface area contributed by atoms with Crippen LogP contribution in [0.5, 0.6) is 0 Å². The molecule has 1 aliphatic heterocycles. The first-order valence-electron chi connectivity index (χ1n) is 2.77. The van der Waals surface area contributed by atoms with Crippen LogP contribution in [0, 0.1) is 0 Å². The Morgan fingerprint density at radius 1 is 1.60 bits per heavy atom. The summed E-state index contributed by atoms with van der Waals surface area (Å²) in [6, 6.07) is 0. The highest BCUT2D eigenvalue weighted by molar-refractivity contribution is 5.94. The first kappa shape index (κ1) is 6.81. The second-order valence-corrected chi connectivity index (χ2v) is 1.93. The molecule has 0 aromatic carbocycles. The van der Waals surface area contributed by atoms with Gasteiger partial charge in [0, 0.05) is 0 Å². The minimum absolute atomic E-state index is 0.0278. The third-order valence-electron chi connectivity index (χ3n) is 1.14. The molecular weight excluding hydrogens is 134 g/mol. The highest BCUT2D eigenvalue weighted by Gasteiger charge is 2.17. The Kier molecular flexibility index (Phi) is 1.46. The normalized spacial score (nSPS) is 25.8. The number of aliphatic imine (C=N–C) groups is 2. The maximum absolute atomic E-state index is 8.98. The van der Waals surface area contributed by atoms with Crippen LogP contribution in [0.1, 0.15) is 6.92 Å².